The highest BCUT2D eigenvalue weighted by molar-refractivity contribution is 5.47. The summed E-state index contributed by atoms with van der Waals surface area (Å²) in [6, 6.07) is 22.2. The van der Waals surface area contributed by atoms with Gasteiger partial charge in [0.25, 0.3) is 0 Å². The van der Waals surface area contributed by atoms with Gasteiger partial charge in [-0.15, -0.1) is 0 Å². The molecule has 0 amide bonds. The predicted molar refractivity (Wildman–Crippen MR) is 97.5 cm³/mol. The van der Waals surface area contributed by atoms with E-state index in [1.165, 1.54) is 6.07 Å². The molecular formula is C21H20FNO2. The van der Waals surface area contributed by atoms with Gasteiger partial charge in [-0.25, -0.2) is 4.39 Å². The largest absolute Gasteiger partial charge is 0.497 e. The summed E-state index contributed by atoms with van der Waals surface area (Å²) in [7, 11) is 1.65. The minimum absolute atomic E-state index is 0.210. The Hall–Kier alpha value is -3.01. The average Bonchev–Trinajstić information content (AvgIpc) is 2.66. The summed E-state index contributed by atoms with van der Waals surface area (Å²) in [4.78, 5) is 0. The minimum Gasteiger partial charge on any atom is -0.497 e. The molecule has 0 bridgehead atoms. The van der Waals surface area contributed by atoms with Crippen molar-refractivity contribution in [3.05, 3.63) is 89.7 Å². The summed E-state index contributed by atoms with van der Waals surface area (Å²) >= 11 is 0. The van der Waals surface area contributed by atoms with Crippen LogP contribution in [0.15, 0.2) is 72.8 Å². The van der Waals surface area contributed by atoms with Gasteiger partial charge in [-0.3, -0.25) is 0 Å². The summed E-state index contributed by atoms with van der Waals surface area (Å²) in [5.41, 5.74) is 2.64. The van der Waals surface area contributed by atoms with Crippen molar-refractivity contribution < 1.29 is 13.9 Å². The lowest BCUT2D eigenvalue weighted by Crippen LogP contribution is -2.01. The van der Waals surface area contributed by atoms with Crippen LogP contribution in [0.2, 0.25) is 0 Å². The van der Waals surface area contributed by atoms with Crippen LogP contribution in [0.1, 0.15) is 11.1 Å². The van der Waals surface area contributed by atoms with E-state index < -0.39 is 0 Å². The van der Waals surface area contributed by atoms with Crippen LogP contribution in [-0.4, -0.2) is 7.11 Å². The second-order valence-electron chi connectivity index (χ2n) is 5.61. The first-order valence-corrected chi connectivity index (χ1v) is 8.07. The molecule has 0 atom stereocenters. The van der Waals surface area contributed by atoms with Gasteiger partial charge in [0.05, 0.1) is 7.11 Å². The Kier molecular flexibility index (Phi) is 5.52. The summed E-state index contributed by atoms with van der Waals surface area (Å²) in [5, 5.41) is 3.35. The van der Waals surface area contributed by atoms with E-state index in [4.69, 9.17) is 9.47 Å². The van der Waals surface area contributed by atoms with Gasteiger partial charge in [-0.05, 0) is 48.0 Å². The van der Waals surface area contributed by atoms with Gasteiger partial charge in [0, 0.05) is 17.8 Å². The first kappa shape index (κ1) is 16.8. The van der Waals surface area contributed by atoms with Gasteiger partial charge < -0.3 is 14.8 Å². The van der Waals surface area contributed by atoms with Gasteiger partial charge in [-0.2, -0.15) is 0 Å². The molecule has 3 aromatic rings. The number of halogens is 1. The number of hydrogen-bond donors (Lipinski definition) is 1. The van der Waals surface area contributed by atoms with Crippen molar-refractivity contribution in [1.29, 1.82) is 0 Å². The molecule has 3 aromatic carbocycles. The molecule has 1 N–H and O–H groups in total. The normalized spacial score (nSPS) is 10.3. The maximum absolute atomic E-state index is 13.6. The summed E-state index contributed by atoms with van der Waals surface area (Å²) in [6.45, 7) is 0.880. The van der Waals surface area contributed by atoms with Crippen LogP contribution in [0, 0.1) is 5.82 Å². The molecular weight excluding hydrogens is 317 g/mol. The number of anilines is 1. The average molecular weight is 337 g/mol. The first-order valence-electron chi connectivity index (χ1n) is 8.07. The number of hydrogen-bond acceptors (Lipinski definition) is 3. The number of ether oxygens (including phenoxy) is 2. The fraction of sp³-hybridized carbons (Fsp3) is 0.143. The molecule has 0 radical (unpaired) electrons. The first-order chi connectivity index (χ1) is 12.2. The minimum atomic E-state index is -0.250. The molecule has 0 aromatic heterocycles. The fourth-order valence-electron chi connectivity index (χ4n) is 2.43. The maximum Gasteiger partial charge on any atom is 0.129 e. The second kappa shape index (κ2) is 8.20. The standard InChI is InChI=1S/C21H20FNO2/c1-24-19-11-9-18(10-12-19)23-14-16-5-4-7-20(13-16)25-15-17-6-2-3-8-21(17)22/h2-13,23H,14-15H2,1H3. The van der Waals surface area contributed by atoms with Crippen LogP contribution in [0.5, 0.6) is 11.5 Å². The third kappa shape index (κ3) is 4.73. The maximum atomic E-state index is 13.6. The topological polar surface area (TPSA) is 30.5 Å². The van der Waals surface area contributed by atoms with Gasteiger partial charge in [0.15, 0.2) is 0 Å². The molecule has 0 spiro atoms. The van der Waals surface area contributed by atoms with Crippen molar-refractivity contribution in [3.63, 3.8) is 0 Å². The van der Waals surface area contributed by atoms with Crippen molar-refractivity contribution in [2.75, 3.05) is 12.4 Å². The molecule has 0 aliphatic carbocycles. The Morgan fingerprint density at radius 2 is 1.68 bits per heavy atom. The van der Waals surface area contributed by atoms with Crippen LogP contribution in [0.3, 0.4) is 0 Å². The van der Waals surface area contributed by atoms with E-state index in [1.54, 1.807) is 25.3 Å². The highest BCUT2D eigenvalue weighted by Crippen LogP contribution is 2.19. The SMILES string of the molecule is COc1ccc(NCc2cccc(OCc3ccccc3F)c2)cc1. The van der Waals surface area contributed by atoms with Crippen molar-refractivity contribution in [2.45, 2.75) is 13.2 Å². The lowest BCUT2D eigenvalue weighted by Gasteiger charge is -2.10. The highest BCUT2D eigenvalue weighted by Gasteiger charge is 2.03. The third-order valence-electron chi connectivity index (χ3n) is 3.84. The van der Waals surface area contributed by atoms with Crippen molar-refractivity contribution in [3.8, 4) is 11.5 Å². The van der Waals surface area contributed by atoms with Crippen LogP contribution < -0.4 is 14.8 Å². The number of methoxy groups -OCH3 is 1. The van der Waals surface area contributed by atoms with E-state index in [0.29, 0.717) is 12.1 Å². The molecule has 0 aliphatic rings. The zero-order valence-corrected chi connectivity index (χ0v) is 14.0. The molecule has 0 saturated carbocycles. The van der Waals surface area contributed by atoms with Crippen molar-refractivity contribution >= 4 is 5.69 Å². The van der Waals surface area contributed by atoms with Crippen LogP contribution in [0.4, 0.5) is 10.1 Å². The van der Waals surface area contributed by atoms with Gasteiger partial charge in [0.2, 0.25) is 0 Å². The molecule has 0 aliphatic heterocycles. The Labute approximate surface area is 147 Å². The Morgan fingerprint density at radius 1 is 0.880 bits per heavy atom. The van der Waals surface area contributed by atoms with Crippen LogP contribution in [0.25, 0.3) is 0 Å². The van der Waals surface area contributed by atoms with Crippen LogP contribution >= 0.6 is 0 Å². The molecule has 0 heterocycles. The molecule has 3 nitrogen and oxygen atoms in total. The third-order valence-corrected chi connectivity index (χ3v) is 3.84. The van der Waals surface area contributed by atoms with E-state index in [1.807, 2.05) is 48.5 Å². The fourth-order valence-corrected chi connectivity index (χ4v) is 2.43. The van der Waals surface area contributed by atoms with E-state index in [-0.39, 0.29) is 12.4 Å². The summed E-state index contributed by atoms with van der Waals surface area (Å²) < 4.78 is 24.5. The second-order valence-corrected chi connectivity index (χ2v) is 5.61. The molecule has 0 unspecified atom stereocenters. The quantitative estimate of drug-likeness (QED) is 0.656. The lowest BCUT2D eigenvalue weighted by atomic mass is 10.2. The van der Waals surface area contributed by atoms with Gasteiger partial charge >= 0.3 is 0 Å². The molecule has 0 fully saturated rings. The molecule has 4 heteroatoms. The zero-order chi connectivity index (χ0) is 17.5. The zero-order valence-electron chi connectivity index (χ0n) is 14.0. The Balaban J connectivity index is 1.58. The van der Waals surface area contributed by atoms with E-state index in [9.17, 15) is 4.39 Å². The lowest BCUT2D eigenvalue weighted by molar-refractivity contribution is 0.299. The Morgan fingerprint density at radius 3 is 2.44 bits per heavy atom. The monoisotopic (exact) mass is 337 g/mol. The smallest absolute Gasteiger partial charge is 0.129 e. The summed E-state index contributed by atoms with van der Waals surface area (Å²) in [5.74, 6) is 1.30. The van der Waals surface area contributed by atoms with E-state index in [0.717, 1.165) is 22.7 Å². The number of benzene rings is 3. The van der Waals surface area contributed by atoms with Gasteiger partial charge in [-0.1, -0.05) is 30.3 Å². The van der Waals surface area contributed by atoms with Gasteiger partial charge in [0.1, 0.15) is 23.9 Å². The summed E-state index contributed by atoms with van der Waals surface area (Å²) in [6.07, 6.45) is 0. The number of nitrogens with one attached hydrogen (secondary N) is 1. The predicted octanol–water partition coefficient (Wildman–Crippen LogP) is 5.03. The van der Waals surface area contributed by atoms with Crippen molar-refractivity contribution in [1.82, 2.24) is 0 Å². The van der Waals surface area contributed by atoms with E-state index >= 15 is 0 Å². The van der Waals surface area contributed by atoms with Crippen LogP contribution in [-0.2, 0) is 13.2 Å². The molecule has 25 heavy (non-hydrogen) atoms. The molecule has 0 saturated heterocycles. The highest BCUT2D eigenvalue weighted by atomic mass is 19.1. The van der Waals surface area contributed by atoms with Crippen molar-refractivity contribution in [2.24, 2.45) is 0 Å². The van der Waals surface area contributed by atoms with E-state index in [2.05, 4.69) is 5.32 Å². The Bertz CT molecular complexity index is 818. The molecule has 128 valence electrons. The molecule has 3 rings (SSSR count). The number of rotatable bonds is 7.